The highest BCUT2D eigenvalue weighted by molar-refractivity contribution is 6.36. The fourth-order valence-corrected chi connectivity index (χ4v) is 4.69. The molecule has 0 unspecified atom stereocenters. The lowest BCUT2D eigenvalue weighted by molar-refractivity contribution is -0.143. The van der Waals surface area contributed by atoms with Crippen molar-refractivity contribution in [3.05, 3.63) is 98.0 Å². The second-order valence-corrected chi connectivity index (χ2v) is 10.6. The highest BCUT2D eigenvalue weighted by Crippen LogP contribution is 2.28. The summed E-state index contributed by atoms with van der Waals surface area (Å²) < 4.78 is 5.90. The van der Waals surface area contributed by atoms with Gasteiger partial charge in [0.1, 0.15) is 11.8 Å². The molecule has 0 aliphatic rings. The van der Waals surface area contributed by atoms with Gasteiger partial charge in [0, 0.05) is 39.6 Å². The minimum atomic E-state index is -0.816. The number of ether oxygens (including phenoxy) is 1. The fourth-order valence-electron chi connectivity index (χ4n) is 4.07. The number of nitrogens with one attached hydrogen (secondary N) is 1. The molecule has 1 N–H and O–H groups in total. The number of carbonyl (C=O) groups excluding carboxylic acids is 2. The molecule has 2 amide bonds. The second-order valence-electron chi connectivity index (χ2n) is 9.40. The summed E-state index contributed by atoms with van der Waals surface area (Å²) in [6.45, 7) is 7.46. The van der Waals surface area contributed by atoms with E-state index in [4.69, 9.17) is 39.5 Å². The fraction of sp³-hybridized carbons (Fsp3) is 0.333. The Balaban J connectivity index is 1.98. The second kappa shape index (κ2) is 13.9. The Morgan fingerprint density at radius 2 is 1.55 bits per heavy atom. The molecule has 0 radical (unpaired) electrons. The summed E-state index contributed by atoms with van der Waals surface area (Å²) in [5, 5.41) is 4.53. The first-order chi connectivity index (χ1) is 18.1. The van der Waals surface area contributed by atoms with Gasteiger partial charge >= 0.3 is 0 Å². The molecular weight excluding hydrogens is 543 g/mol. The van der Waals surface area contributed by atoms with E-state index in [1.165, 1.54) is 4.90 Å². The molecule has 0 heterocycles. The lowest BCUT2D eigenvalue weighted by Gasteiger charge is -2.32. The van der Waals surface area contributed by atoms with Crippen LogP contribution in [0.1, 0.15) is 42.5 Å². The topological polar surface area (TPSA) is 58.6 Å². The number of aryl methyl sites for hydroxylation is 2. The van der Waals surface area contributed by atoms with Crippen molar-refractivity contribution in [3.63, 3.8) is 0 Å². The van der Waals surface area contributed by atoms with E-state index in [0.29, 0.717) is 32.8 Å². The first-order valence-corrected chi connectivity index (χ1v) is 13.7. The van der Waals surface area contributed by atoms with E-state index < -0.39 is 6.04 Å². The number of rotatable bonds is 11. The smallest absolute Gasteiger partial charge is 0.261 e. The Bertz CT molecular complexity index is 1220. The normalized spacial score (nSPS) is 12.5. The first kappa shape index (κ1) is 29.8. The van der Waals surface area contributed by atoms with E-state index in [-0.39, 0.29) is 31.0 Å². The number of nitrogens with zero attached hydrogens (tertiary/aromatic N) is 1. The van der Waals surface area contributed by atoms with Crippen LogP contribution in [0.3, 0.4) is 0 Å². The van der Waals surface area contributed by atoms with Crippen LogP contribution in [0, 0.1) is 13.8 Å². The molecule has 0 spiro atoms. The molecule has 0 aliphatic carbocycles. The van der Waals surface area contributed by atoms with Crippen LogP contribution in [0.25, 0.3) is 0 Å². The SMILES string of the molecule is CC[C@@H](C)NC(=O)[C@@H](Cc1ccccc1)N(Cc1c(Cl)cccc1Cl)C(=O)COc1cc(C)c(Cl)c(C)c1. The van der Waals surface area contributed by atoms with Gasteiger partial charge in [-0.05, 0) is 68.1 Å². The standard InChI is InChI=1S/C30H33Cl3N2O3/c1-5-21(4)34-30(37)27(16-22-10-7-6-8-11-22)35(17-24-25(31)12-9-13-26(24)32)28(36)18-38-23-14-19(2)29(33)20(3)15-23/h6-15,21,27H,5,16-18H2,1-4H3,(H,34,37)/t21-,27-/m1/s1. The maximum absolute atomic E-state index is 13.8. The molecule has 202 valence electrons. The average Bonchev–Trinajstić information content (AvgIpc) is 2.89. The van der Waals surface area contributed by atoms with Gasteiger partial charge in [0.25, 0.3) is 5.91 Å². The molecule has 0 bridgehead atoms. The van der Waals surface area contributed by atoms with Gasteiger partial charge in [-0.1, -0.05) is 78.1 Å². The molecule has 0 fully saturated rings. The molecule has 0 saturated heterocycles. The van der Waals surface area contributed by atoms with Crippen molar-refractivity contribution in [2.24, 2.45) is 0 Å². The molecule has 0 saturated carbocycles. The molecular formula is C30H33Cl3N2O3. The van der Waals surface area contributed by atoms with Gasteiger partial charge in [0.05, 0.1) is 0 Å². The quantitative estimate of drug-likeness (QED) is 0.263. The number of hydrogen-bond donors (Lipinski definition) is 1. The summed E-state index contributed by atoms with van der Waals surface area (Å²) in [6, 6.07) is 17.5. The van der Waals surface area contributed by atoms with Gasteiger partial charge in [0.2, 0.25) is 5.91 Å². The predicted molar refractivity (Wildman–Crippen MR) is 155 cm³/mol. The molecule has 38 heavy (non-hydrogen) atoms. The Kier molecular flexibility index (Phi) is 10.9. The van der Waals surface area contributed by atoms with Crippen LogP contribution in [0.5, 0.6) is 5.75 Å². The third kappa shape index (κ3) is 7.89. The molecule has 3 aromatic carbocycles. The first-order valence-electron chi connectivity index (χ1n) is 12.6. The maximum Gasteiger partial charge on any atom is 0.261 e. The Morgan fingerprint density at radius 1 is 0.947 bits per heavy atom. The van der Waals surface area contributed by atoms with Crippen molar-refractivity contribution >= 4 is 46.6 Å². The van der Waals surface area contributed by atoms with Crippen molar-refractivity contribution in [1.29, 1.82) is 0 Å². The molecule has 0 aliphatic heterocycles. The number of amides is 2. The van der Waals surface area contributed by atoms with E-state index in [1.807, 2.05) is 58.0 Å². The van der Waals surface area contributed by atoms with Gasteiger partial charge in [0.15, 0.2) is 6.61 Å². The number of benzene rings is 3. The molecule has 8 heteroatoms. The van der Waals surface area contributed by atoms with Crippen LogP contribution < -0.4 is 10.1 Å². The minimum Gasteiger partial charge on any atom is -0.484 e. The van der Waals surface area contributed by atoms with Gasteiger partial charge in [-0.15, -0.1) is 0 Å². The number of carbonyl (C=O) groups is 2. The lowest BCUT2D eigenvalue weighted by atomic mass is 10.0. The van der Waals surface area contributed by atoms with Crippen LogP contribution in [0.15, 0.2) is 60.7 Å². The van der Waals surface area contributed by atoms with E-state index in [9.17, 15) is 9.59 Å². The maximum atomic E-state index is 13.8. The highest BCUT2D eigenvalue weighted by Gasteiger charge is 2.32. The summed E-state index contributed by atoms with van der Waals surface area (Å²) in [4.78, 5) is 28.9. The van der Waals surface area contributed by atoms with Crippen LogP contribution >= 0.6 is 34.8 Å². The average molecular weight is 576 g/mol. The third-order valence-electron chi connectivity index (χ3n) is 6.43. The van der Waals surface area contributed by atoms with Crippen LogP contribution in [0.2, 0.25) is 15.1 Å². The van der Waals surface area contributed by atoms with Gasteiger partial charge < -0.3 is 15.0 Å². The molecule has 0 aromatic heterocycles. The summed E-state index contributed by atoms with van der Waals surface area (Å²) in [6.07, 6.45) is 1.07. The van der Waals surface area contributed by atoms with E-state index in [1.54, 1.807) is 30.3 Å². The van der Waals surface area contributed by atoms with Crippen LogP contribution in [-0.4, -0.2) is 35.4 Å². The van der Waals surface area contributed by atoms with Crippen LogP contribution in [0.4, 0.5) is 0 Å². The van der Waals surface area contributed by atoms with Crippen molar-refractivity contribution in [2.75, 3.05) is 6.61 Å². The van der Waals surface area contributed by atoms with Crippen LogP contribution in [-0.2, 0) is 22.6 Å². The van der Waals surface area contributed by atoms with Crippen molar-refractivity contribution in [2.45, 2.75) is 59.2 Å². The highest BCUT2D eigenvalue weighted by atomic mass is 35.5. The Labute approximate surface area is 240 Å². The minimum absolute atomic E-state index is 0.0464. The van der Waals surface area contributed by atoms with Crippen molar-refractivity contribution < 1.29 is 14.3 Å². The third-order valence-corrected chi connectivity index (χ3v) is 7.74. The number of halogens is 3. The van der Waals surface area contributed by atoms with E-state index in [2.05, 4.69) is 5.32 Å². The predicted octanol–water partition coefficient (Wildman–Crippen LogP) is 7.20. The molecule has 3 rings (SSSR count). The lowest BCUT2D eigenvalue weighted by Crippen LogP contribution is -2.53. The molecule has 2 atom stereocenters. The van der Waals surface area contributed by atoms with Gasteiger partial charge in [-0.2, -0.15) is 0 Å². The molecule has 5 nitrogen and oxygen atoms in total. The van der Waals surface area contributed by atoms with Crippen molar-refractivity contribution in [1.82, 2.24) is 10.2 Å². The largest absolute Gasteiger partial charge is 0.484 e. The van der Waals surface area contributed by atoms with E-state index in [0.717, 1.165) is 23.1 Å². The summed E-state index contributed by atoms with van der Waals surface area (Å²) in [7, 11) is 0. The summed E-state index contributed by atoms with van der Waals surface area (Å²) >= 11 is 19.3. The summed E-state index contributed by atoms with van der Waals surface area (Å²) in [5.41, 5.74) is 3.19. The van der Waals surface area contributed by atoms with Crippen molar-refractivity contribution in [3.8, 4) is 5.75 Å². The number of hydrogen-bond acceptors (Lipinski definition) is 3. The van der Waals surface area contributed by atoms with E-state index >= 15 is 0 Å². The van der Waals surface area contributed by atoms with Gasteiger partial charge in [-0.3, -0.25) is 9.59 Å². The zero-order valence-electron chi connectivity index (χ0n) is 22.1. The molecule has 3 aromatic rings. The zero-order chi connectivity index (χ0) is 27.8. The monoisotopic (exact) mass is 574 g/mol. The summed E-state index contributed by atoms with van der Waals surface area (Å²) in [5.74, 6) is -0.0958. The zero-order valence-corrected chi connectivity index (χ0v) is 24.3. The van der Waals surface area contributed by atoms with Gasteiger partial charge in [-0.25, -0.2) is 0 Å². The Hall–Kier alpha value is -2.73. The Morgan fingerprint density at radius 3 is 2.13 bits per heavy atom.